The number of ether oxygens (including phenoxy) is 1. The molecule has 4 nitrogen and oxygen atoms in total. The average molecular weight is 362 g/mol. The lowest BCUT2D eigenvalue weighted by Crippen LogP contribution is -2.29. The second-order valence-corrected chi connectivity index (χ2v) is 6.30. The number of rotatable bonds is 7. The van der Waals surface area contributed by atoms with Crippen LogP contribution in [0.2, 0.25) is 0 Å². The van der Waals surface area contributed by atoms with Crippen LogP contribution >= 0.6 is 0 Å². The Bertz CT molecular complexity index is 787. The molecule has 1 aromatic heterocycles. The number of hydrogen-bond donors (Lipinski definition) is 1. The van der Waals surface area contributed by atoms with E-state index in [1.807, 2.05) is 32.9 Å². The number of pyridine rings is 1. The van der Waals surface area contributed by atoms with E-state index in [4.69, 9.17) is 9.84 Å². The second kappa shape index (κ2) is 8.36. The van der Waals surface area contributed by atoms with Gasteiger partial charge in [0.15, 0.2) is 5.75 Å². The summed E-state index contributed by atoms with van der Waals surface area (Å²) in [5, 5.41) is 8.82. The molecule has 0 saturated carbocycles. The van der Waals surface area contributed by atoms with Gasteiger partial charge in [-0.15, -0.1) is 0 Å². The number of alkyl halides is 2. The fourth-order valence-corrected chi connectivity index (χ4v) is 2.60. The lowest BCUT2D eigenvalue weighted by atomic mass is 10.0. The van der Waals surface area contributed by atoms with Gasteiger partial charge in [0.2, 0.25) is 0 Å². The largest absolute Gasteiger partial charge is 0.429 e. The summed E-state index contributed by atoms with van der Waals surface area (Å²) in [6, 6.07) is 6.96. The van der Waals surface area contributed by atoms with Crippen LogP contribution in [0.1, 0.15) is 37.8 Å². The summed E-state index contributed by atoms with van der Waals surface area (Å²) in [5.74, 6) is -0.0622. The van der Waals surface area contributed by atoms with Gasteiger partial charge in [0, 0.05) is 17.5 Å². The first-order valence-electron chi connectivity index (χ1n) is 8.56. The molecule has 26 heavy (non-hydrogen) atoms. The van der Waals surface area contributed by atoms with Crippen molar-refractivity contribution in [1.82, 2.24) is 4.98 Å². The molecule has 0 spiro atoms. The quantitative estimate of drug-likeness (QED) is 0.687. The van der Waals surface area contributed by atoms with Crippen molar-refractivity contribution in [3.05, 3.63) is 41.6 Å². The Morgan fingerprint density at radius 1 is 1.23 bits per heavy atom. The smallest absolute Gasteiger partial charge is 0.421 e. The molecule has 1 N–H and O–H groups in total. The minimum absolute atomic E-state index is 0.0622. The van der Waals surface area contributed by atoms with E-state index in [2.05, 4.69) is 9.98 Å². The highest BCUT2D eigenvalue weighted by molar-refractivity contribution is 5.87. The SMILES string of the molecule is CCCC(C)=Nc1c(OC(F)(F)CO)ccc(-c2ccc(C)cn2)c1C. The Morgan fingerprint density at radius 2 is 1.96 bits per heavy atom. The van der Waals surface area contributed by atoms with Gasteiger partial charge in [0.25, 0.3) is 0 Å². The molecule has 2 rings (SSSR count). The van der Waals surface area contributed by atoms with Crippen molar-refractivity contribution in [1.29, 1.82) is 0 Å². The number of hydrogen-bond acceptors (Lipinski definition) is 4. The Morgan fingerprint density at radius 3 is 2.54 bits per heavy atom. The molecule has 6 heteroatoms. The van der Waals surface area contributed by atoms with Crippen molar-refractivity contribution in [2.45, 2.75) is 46.6 Å². The molecule has 0 atom stereocenters. The highest BCUT2D eigenvalue weighted by atomic mass is 19.3. The molecule has 0 aliphatic carbocycles. The third-order valence-electron chi connectivity index (χ3n) is 3.94. The minimum atomic E-state index is -3.67. The maximum absolute atomic E-state index is 13.6. The molecule has 1 heterocycles. The Kier molecular flexibility index (Phi) is 6.42. The summed E-state index contributed by atoms with van der Waals surface area (Å²) in [6.07, 6.45) is -0.262. The van der Waals surface area contributed by atoms with Crippen LogP contribution in [0.4, 0.5) is 14.5 Å². The number of aromatic nitrogens is 1. The molecular formula is C20H24F2N2O2. The van der Waals surface area contributed by atoms with Gasteiger partial charge in [0.05, 0.1) is 5.69 Å². The Hall–Kier alpha value is -2.34. The lowest BCUT2D eigenvalue weighted by molar-refractivity contribution is -0.200. The van der Waals surface area contributed by atoms with E-state index in [-0.39, 0.29) is 5.75 Å². The van der Waals surface area contributed by atoms with Gasteiger partial charge in [-0.2, -0.15) is 8.78 Å². The molecule has 0 fully saturated rings. The van der Waals surface area contributed by atoms with Crippen LogP contribution < -0.4 is 4.74 Å². The van der Waals surface area contributed by atoms with Crippen molar-refractivity contribution in [3.63, 3.8) is 0 Å². The predicted molar refractivity (Wildman–Crippen MR) is 99.5 cm³/mol. The average Bonchev–Trinajstić information content (AvgIpc) is 2.59. The van der Waals surface area contributed by atoms with Crippen molar-refractivity contribution in [2.75, 3.05) is 6.61 Å². The molecule has 0 bridgehead atoms. The van der Waals surface area contributed by atoms with Crippen molar-refractivity contribution in [2.24, 2.45) is 4.99 Å². The fraction of sp³-hybridized carbons (Fsp3) is 0.400. The molecule has 0 saturated heterocycles. The number of aliphatic hydroxyl groups excluding tert-OH is 1. The summed E-state index contributed by atoms with van der Waals surface area (Å²) in [7, 11) is 0. The van der Waals surface area contributed by atoms with Crippen LogP contribution in [0.3, 0.4) is 0 Å². The van der Waals surface area contributed by atoms with Gasteiger partial charge in [-0.05, 0) is 56.5 Å². The summed E-state index contributed by atoms with van der Waals surface area (Å²) >= 11 is 0. The third-order valence-corrected chi connectivity index (χ3v) is 3.94. The first-order chi connectivity index (χ1) is 12.3. The van der Waals surface area contributed by atoms with E-state index in [0.717, 1.165) is 35.4 Å². The second-order valence-electron chi connectivity index (χ2n) is 6.30. The van der Waals surface area contributed by atoms with E-state index in [0.29, 0.717) is 11.3 Å². The number of halogens is 2. The molecule has 2 aromatic rings. The highest BCUT2D eigenvalue weighted by Crippen LogP contribution is 2.39. The van der Waals surface area contributed by atoms with Crippen LogP contribution in [0.5, 0.6) is 5.75 Å². The summed E-state index contributed by atoms with van der Waals surface area (Å²) in [4.78, 5) is 8.93. The molecule has 140 valence electrons. The van der Waals surface area contributed by atoms with Crippen LogP contribution in [0.25, 0.3) is 11.3 Å². The molecule has 0 aliphatic heterocycles. The van der Waals surface area contributed by atoms with E-state index >= 15 is 0 Å². The van der Waals surface area contributed by atoms with Crippen molar-refractivity contribution in [3.8, 4) is 17.0 Å². The maximum atomic E-state index is 13.6. The van der Waals surface area contributed by atoms with E-state index in [1.165, 1.54) is 6.07 Å². The predicted octanol–water partition coefficient (Wildman–Crippen LogP) is 5.22. The van der Waals surface area contributed by atoms with Crippen LogP contribution in [-0.4, -0.2) is 28.5 Å². The molecule has 0 amide bonds. The lowest BCUT2D eigenvalue weighted by Gasteiger charge is -2.19. The normalized spacial score (nSPS) is 12.3. The highest BCUT2D eigenvalue weighted by Gasteiger charge is 2.32. The zero-order chi connectivity index (χ0) is 19.3. The molecule has 0 aliphatic rings. The van der Waals surface area contributed by atoms with Crippen LogP contribution in [0, 0.1) is 13.8 Å². The van der Waals surface area contributed by atoms with Gasteiger partial charge in [-0.1, -0.05) is 19.4 Å². The monoisotopic (exact) mass is 362 g/mol. The van der Waals surface area contributed by atoms with Gasteiger partial charge in [-0.3, -0.25) is 9.98 Å². The zero-order valence-electron chi connectivity index (χ0n) is 15.5. The van der Waals surface area contributed by atoms with Gasteiger partial charge in [-0.25, -0.2) is 0 Å². The summed E-state index contributed by atoms with van der Waals surface area (Å²) in [5.41, 5.74) is 4.42. The Labute approximate surface area is 152 Å². The fourth-order valence-electron chi connectivity index (χ4n) is 2.60. The minimum Gasteiger partial charge on any atom is -0.429 e. The standard InChI is InChI=1S/C20H24F2N2O2/c1-5-6-14(3)24-19-15(4)16(17-9-7-13(2)11-23-17)8-10-18(19)26-20(21,22)12-25/h7-11,25H,5-6,12H2,1-4H3. The summed E-state index contributed by atoms with van der Waals surface area (Å²) < 4.78 is 31.9. The van der Waals surface area contributed by atoms with Gasteiger partial charge >= 0.3 is 6.11 Å². The van der Waals surface area contributed by atoms with Crippen LogP contribution in [0.15, 0.2) is 35.5 Å². The molecule has 0 radical (unpaired) electrons. The van der Waals surface area contributed by atoms with Crippen molar-refractivity contribution >= 4 is 11.4 Å². The van der Waals surface area contributed by atoms with Gasteiger partial charge in [0.1, 0.15) is 12.3 Å². The summed E-state index contributed by atoms with van der Waals surface area (Å²) in [6.45, 7) is 6.23. The molecule has 0 unspecified atom stereocenters. The zero-order valence-corrected chi connectivity index (χ0v) is 15.5. The number of aryl methyl sites for hydroxylation is 1. The number of nitrogens with zero attached hydrogens (tertiary/aromatic N) is 2. The topological polar surface area (TPSA) is 54.7 Å². The Balaban J connectivity index is 2.58. The van der Waals surface area contributed by atoms with Crippen LogP contribution in [-0.2, 0) is 0 Å². The molecular weight excluding hydrogens is 338 g/mol. The third kappa shape index (κ3) is 4.85. The first kappa shape index (κ1) is 20.0. The number of aliphatic imine (C=N–C) groups is 1. The van der Waals surface area contributed by atoms with Gasteiger partial charge < -0.3 is 9.84 Å². The van der Waals surface area contributed by atoms with E-state index < -0.39 is 12.7 Å². The number of benzene rings is 1. The maximum Gasteiger partial charge on any atom is 0.421 e. The van der Waals surface area contributed by atoms with E-state index in [9.17, 15) is 8.78 Å². The first-order valence-corrected chi connectivity index (χ1v) is 8.56. The van der Waals surface area contributed by atoms with Crippen molar-refractivity contribution < 1.29 is 18.6 Å². The molecule has 1 aromatic carbocycles. The number of aliphatic hydroxyl groups is 1. The van der Waals surface area contributed by atoms with E-state index in [1.54, 1.807) is 19.2 Å².